The van der Waals surface area contributed by atoms with Crippen LogP contribution < -0.4 is 11.2 Å². The monoisotopic (exact) mass is 370 g/mol. The van der Waals surface area contributed by atoms with Gasteiger partial charge in [-0.2, -0.15) is 0 Å². The molecule has 5 aromatic rings. The van der Waals surface area contributed by atoms with Crippen LogP contribution >= 0.6 is 0 Å². The van der Waals surface area contributed by atoms with E-state index in [4.69, 9.17) is 0 Å². The normalized spacial score (nSPS) is 11.3. The topological polar surface area (TPSA) is 98.5 Å². The van der Waals surface area contributed by atoms with E-state index in [0.717, 1.165) is 15.3 Å². The van der Waals surface area contributed by atoms with Crippen molar-refractivity contribution in [3.05, 3.63) is 87.5 Å². The van der Waals surface area contributed by atoms with E-state index in [1.807, 2.05) is 48.5 Å². The van der Waals surface area contributed by atoms with Crippen molar-refractivity contribution in [3.8, 4) is 11.4 Å². The summed E-state index contributed by atoms with van der Waals surface area (Å²) in [6, 6.07) is 14.8. The summed E-state index contributed by atoms with van der Waals surface area (Å²) in [5, 5.41) is 9.83. The molecule has 0 radical (unpaired) electrons. The molecule has 3 aromatic heterocycles. The molecule has 3 heterocycles. The maximum absolute atomic E-state index is 13.4. The van der Waals surface area contributed by atoms with Gasteiger partial charge in [-0.15, -0.1) is 5.10 Å². The average molecular weight is 370 g/mol. The van der Waals surface area contributed by atoms with Crippen LogP contribution in [-0.2, 0) is 0 Å². The van der Waals surface area contributed by atoms with Crippen LogP contribution in [0.25, 0.3) is 33.2 Å². The van der Waals surface area contributed by atoms with Gasteiger partial charge < -0.3 is 4.98 Å². The molecule has 0 aliphatic heterocycles. The third kappa shape index (κ3) is 2.28. The molecular weight excluding hydrogens is 356 g/mol. The molecule has 8 nitrogen and oxygen atoms in total. The van der Waals surface area contributed by atoms with Gasteiger partial charge in [-0.05, 0) is 19.1 Å². The minimum Gasteiger partial charge on any atom is -0.309 e. The number of para-hydroxylation sites is 1. The van der Waals surface area contributed by atoms with Crippen molar-refractivity contribution in [3.63, 3.8) is 0 Å². The van der Waals surface area contributed by atoms with Gasteiger partial charge in [-0.25, -0.2) is 14.0 Å². The molecule has 136 valence electrons. The van der Waals surface area contributed by atoms with Gasteiger partial charge >= 0.3 is 5.69 Å². The molecule has 0 bridgehead atoms. The summed E-state index contributed by atoms with van der Waals surface area (Å²) in [6.07, 6.45) is 3.20. The number of hydrogen-bond donors (Lipinski definition) is 1. The Labute approximate surface area is 157 Å². The number of pyridine rings is 1. The quantitative estimate of drug-likeness (QED) is 0.513. The first-order chi connectivity index (χ1) is 13.6. The zero-order valence-electron chi connectivity index (χ0n) is 14.8. The minimum atomic E-state index is -0.533. The predicted octanol–water partition coefficient (Wildman–Crippen LogP) is 2.12. The molecule has 0 atom stereocenters. The van der Waals surface area contributed by atoms with E-state index in [1.54, 1.807) is 13.1 Å². The summed E-state index contributed by atoms with van der Waals surface area (Å²) in [6.45, 7) is 1.67. The summed E-state index contributed by atoms with van der Waals surface area (Å²) in [4.78, 5) is 33.1. The fraction of sp³-hybridized carbons (Fsp3) is 0.0500. The number of aromatic nitrogens is 6. The summed E-state index contributed by atoms with van der Waals surface area (Å²) in [7, 11) is 0. The molecular formula is C20H14N6O2. The molecule has 0 spiro atoms. The first-order valence-corrected chi connectivity index (χ1v) is 8.65. The number of nitrogens with one attached hydrogen (secondary N) is 1. The lowest BCUT2D eigenvalue weighted by Crippen LogP contribution is -2.37. The summed E-state index contributed by atoms with van der Waals surface area (Å²) in [5.41, 5.74) is 1.37. The van der Waals surface area contributed by atoms with Crippen LogP contribution in [0.15, 0.2) is 70.5 Å². The minimum absolute atomic E-state index is 0.237. The number of nitrogens with zero attached hydrogens (tertiary/aromatic N) is 5. The van der Waals surface area contributed by atoms with Gasteiger partial charge in [-0.1, -0.05) is 41.6 Å². The van der Waals surface area contributed by atoms with E-state index < -0.39 is 11.2 Å². The lowest BCUT2D eigenvalue weighted by atomic mass is 10.1. The van der Waals surface area contributed by atoms with Gasteiger partial charge in [0.2, 0.25) is 0 Å². The molecule has 0 unspecified atom stereocenters. The van der Waals surface area contributed by atoms with E-state index in [1.165, 1.54) is 10.9 Å². The third-order valence-corrected chi connectivity index (χ3v) is 4.71. The number of hydrogen-bond acceptors (Lipinski definition) is 5. The molecule has 0 fully saturated rings. The van der Waals surface area contributed by atoms with Crippen molar-refractivity contribution in [2.75, 3.05) is 0 Å². The van der Waals surface area contributed by atoms with Gasteiger partial charge in [0.1, 0.15) is 5.52 Å². The summed E-state index contributed by atoms with van der Waals surface area (Å²) < 4.78 is 2.55. The van der Waals surface area contributed by atoms with Crippen molar-refractivity contribution >= 4 is 21.8 Å². The molecule has 0 aliphatic rings. The van der Waals surface area contributed by atoms with Crippen molar-refractivity contribution in [1.82, 2.24) is 29.5 Å². The molecule has 2 aromatic carbocycles. The molecule has 0 saturated carbocycles. The van der Waals surface area contributed by atoms with E-state index in [2.05, 4.69) is 20.3 Å². The summed E-state index contributed by atoms with van der Waals surface area (Å²) in [5.74, 6) is 0. The fourth-order valence-corrected chi connectivity index (χ4v) is 3.42. The Balaban J connectivity index is 1.88. The lowest BCUT2D eigenvalue weighted by molar-refractivity contribution is 0.763. The fourth-order valence-electron chi connectivity index (χ4n) is 3.42. The second-order valence-electron chi connectivity index (χ2n) is 6.41. The Hall–Kier alpha value is -4.07. The van der Waals surface area contributed by atoms with Crippen LogP contribution in [0, 0.1) is 6.92 Å². The van der Waals surface area contributed by atoms with E-state index in [-0.39, 0.29) is 5.69 Å². The van der Waals surface area contributed by atoms with Crippen LogP contribution in [0.2, 0.25) is 0 Å². The number of aromatic amines is 1. The maximum atomic E-state index is 13.4. The van der Waals surface area contributed by atoms with Crippen LogP contribution in [0.1, 0.15) is 5.69 Å². The number of rotatable bonds is 2. The first-order valence-electron chi connectivity index (χ1n) is 8.65. The highest BCUT2D eigenvalue weighted by Gasteiger charge is 2.19. The van der Waals surface area contributed by atoms with Gasteiger partial charge in [0.25, 0.3) is 5.56 Å². The van der Waals surface area contributed by atoms with Crippen molar-refractivity contribution < 1.29 is 0 Å². The molecule has 8 heteroatoms. The Morgan fingerprint density at radius 3 is 2.64 bits per heavy atom. The Morgan fingerprint density at radius 2 is 1.75 bits per heavy atom. The number of benzene rings is 2. The zero-order valence-corrected chi connectivity index (χ0v) is 14.8. The number of aryl methyl sites for hydroxylation is 1. The van der Waals surface area contributed by atoms with E-state index >= 15 is 0 Å². The SMILES string of the molecule is Cc1[nH]c(=O)n(-c2cncc3ccccc23)c(=O)c1-n1nnc2ccccc21. The second kappa shape index (κ2) is 5.98. The van der Waals surface area contributed by atoms with Gasteiger partial charge in [0.15, 0.2) is 5.69 Å². The number of fused-ring (bicyclic) bond motifs is 2. The summed E-state index contributed by atoms with van der Waals surface area (Å²) >= 11 is 0. The maximum Gasteiger partial charge on any atom is 0.333 e. The lowest BCUT2D eigenvalue weighted by Gasteiger charge is -2.12. The van der Waals surface area contributed by atoms with Gasteiger partial charge in [0.05, 0.1) is 17.4 Å². The van der Waals surface area contributed by atoms with Gasteiger partial charge in [0, 0.05) is 22.7 Å². The van der Waals surface area contributed by atoms with E-state index in [0.29, 0.717) is 22.4 Å². The smallest absolute Gasteiger partial charge is 0.309 e. The predicted molar refractivity (Wildman–Crippen MR) is 105 cm³/mol. The van der Waals surface area contributed by atoms with E-state index in [9.17, 15) is 9.59 Å². The van der Waals surface area contributed by atoms with Crippen LogP contribution in [0.3, 0.4) is 0 Å². The Kier molecular flexibility index (Phi) is 3.45. The highest BCUT2D eigenvalue weighted by atomic mass is 16.2. The molecule has 0 aliphatic carbocycles. The first kappa shape index (κ1) is 16.1. The standard InChI is InChI=1S/C20H14N6O2/c1-12-18(26-16-9-5-4-8-15(16)23-24-26)19(27)25(20(28)22-12)17-11-21-10-13-6-2-3-7-14(13)17/h2-11H,1H3,(H,22,28). The zero-order chi connectivity index (χ0) is 19.3. The third-order valence-electron chi connectivity index (χ3n) is 4.71. The second-order valence-corrected chi connectivity index (χ2v) is 6.41. The van der Waals surface area contributed by atoms with Gasteiger partial charge in [-0.3, -0.25) is 9.78 Å². The van der Waals surface area contributed by atoms with Crippen molar-refractivity contribution in [2.45, 2.75) is 6.92 Å². The van der Waals surface area contributed by atoms with Crippen LogP contribution in [0.4, 0.5) is 0 Å². The highest BCUT2D eigenvalue weighted by Crippen LogP contribution is 2.20. The number of H-pyrrole nitrogens is 1. The highest BCUT2D eigenvalue weighted by molar-refractivity contribution is 5.89. The molecule has 0 saturated heterocycles. The van der Waals surface area contributed by atoms with Crippen LogP contribution in [-0.4, -0.2) is 29.5 Å². The molecule has 1 N–H and O–H groups in total. The van der Waals surface area contributed by atoms with Crippen LogP contribution in [0.5, 0.6) is 0 Å². The Bertz CT molecular complexity index is 1470. The molecule has 5 rings (SSSR count). The molecule has 28 heavy (non-hydrogen) atoms. The largest absolute Gasteiger partial charge is 0.333 e. The Morgan fingerprint density at radius 1 is 0.964 bits per heavy atom. The molecule has 0 amide bonds. The average Bonchev–Trinajstić information content (AvgIpc) is 3.12. The van der Waals surface area contributed by atoms with Crippen molar-refractivity contribution in [1.29, 1.82) is 0 Å². The van der Waals surface area contributed by atoms with Crippen molar-refractivity contribution in [2.24, 2.45) is 0 Å².